The first-order valence-corrected chi connectivity index (χ1v) is 8.39. The maximum absolute atomic E-state index is 13.1. The Balaban J connectivity index is 1.81. The maximum Gasteiger partial charge on any atom is 0.248 e. The van der Waals surface area contributed by atoms with E-state index in [0.717, 1.165) is 11.3 Å². The van der Waals surface area contributed by atoms with Crippen molar-refractivity contribution in [2.75, 3.05) is 5.32 Å². The second-order valence-corrected chi connectivity index (χ2v) is 6.17. The Morgan fingerprint density at radius 2 is 1.85 bits per heavy atom. The van der Waals surface area contributed by atoms with Crippen LogP contribution in [-0.4, -0.2) is 15.7 Å². The van der Waals surface area contributed by atoms with Crippen LogP contribution in [0.15, 0.2) is 54.6 Å². The summed E-state index contributed by atoms with van der Waals surface area (Å²) in [5.41, 5.74) is 3.68. The second kappa shape index (κ2) is 7.54. The average Bonchev–Trinajstić information content (AvgIpc) is 2.90. The highest BCUT2D eigenvalue weighted by Crippen LogP contribution is 2.25. The van der Waals surface area contributed by atoms with Gasteiger partial charge in [-0.15, -0.1) is 0 Å². The molecule has 0 bridgehead atoms. The second-order valence-electron chi connectivity index (χ2n) is 5.82. The monoisotopic (exact) mass is 369 g/mol. The van der Waals surface area contributed by atoms with Crippen molar-refractivity contribution in [1.82, 2.24) is 9.78 Å². The lowest BCUT2D eigenvalue weighted by molar-refractivity contribution is -0.111. The van der Waals surface area contributed by atoms with Crippen LogP contribution in [0.25, 0.3) is 11.8 Å². The summed E-state index contributed by atoms with van der Waals surface area (Å²) in [5.74, 6) is -0.592. The Morgan fingerprint density at radius 3 is 2.54 bits per heavy atom. The lowest BCUT2D eigenvalue weighted by atomic mass is 10.2. The minimum atomic E-state index is -0.332. The van der Waals surface area contributed by atoms with Crippen molar-refractivity contribution in [3.8, 4) is 5.69 Å². The lowest BCUT2D eigenvalue weighted by Crippen LogP contribution is -2.08. The zero-order valence-electron chi connectivity index (χ0n) is 14.3. The number of hydrogen-bond acceptors (Lipinski definition) is 2. The van der Waals surface area contributed by atoms with E-state index < -0.39 is 0 Å². The van der Waals surface area contributed by atoms with Crippen molar-refractivity contribution in [3.05, 3.63) is 82.4 Å². The summed E-state index contributed by atoms with van der Waals surface area (Å²) >= 11 is 6.40. The molecule has 4 nitrogen and oxygen atoms in total. The quantitative estimate of drug-likeness (QED) is 0.662. The maximum atomic E-state index is 13.1. The summed E-state index contributed by atoms with van der Waals surface area (Å²) in [5, 5.41) is 7.55. The van der Waals surface area contributed by atoms with E-state index in [1.807, 2.05) is 31.2 Å². The summed E-state index contributed by atoms with van der Waals surface area (Å²) in [7, 11) is 0. The number of para-hydroxylation sites is 1. The fourth-order valence-electron chi connectivity index (χ4n) is 2.50. The van der Waals surface area contributed by atoms with Crippen molar-refractivity contribution in [2.24, 2.45) is 0 Å². The predicted octanol–water partition coefficient (Wildman–Crippen LogP) is 4.93. The van der Waals surface area contributed by atoms with Crippen molar-refractivity contribution in [3.63, 3.8) is 0 Å². The number of anilines is 1. The molecular weight excluding hydrogens is 353 g/mol. The Hall–Kier alpha value is -2.92. The van der Waals surface area contributed by atoms with Gasteiger partial charge in [-0.1, -0.05) is 29.8 Å². The Morgan fingerprint density at radius 1 is 1.15 bits per heavy atom. The Labute approximate surface area is 155 Å². The molecule has 0 unspecified atom stereocenters. The molecule has 0 atom stereocenters. The van der Waals surface area contributed by atoms with Crippen LogP contribution in [0, 0.1) is 19.7 Å². The fraction of sp³-hybridized carbons (Fsp3) is 0.100. The molecule has 1 amide bonds. The van der Waals surface area contributed by atoms with Gasteiger partial charge < -0.3 is 5.32 Å². The van der Waals surface area contributed by atoms with Crippen LogP contribution >= 0.6 is 11.6 Å². The Kier molecular flexibility index (Phi) is 5.19. The number of amides is 1. The van der Waals surface area contributed by atoms with Crippen LogP contribution in [0.4, 0.5) is 10.1 Å². The van der Waals surface area contributed by atoms with Crippen LogP contribution in [0.1, 0.15) is 16.8 Å². The van der Waals surface area contributed by atoms with Crippen LogP contribution in [0.2, 0.25) is 5.15 Å². The van der Waals surface area contributed by atoms with Crippen molar-refractivity contribution in [2.45, 2.75) is 13.8 Å². The summed E-state index contributed by atoms with van der Waals surface area (Å²) in [6, 6.07) is 13.4. The number of halogens is 2. The van der Waals surface area contributed by atoms with Gasteiger partial charge in [0.05, 0.1) is 11.4 Å². The molecule has 1 N–H and O–H groups in total. The number of carbonyl (C=O) groups excluding carboxylic acids is 1. The zero-order chi connectivity index (χ0) is 18.7. The van der Waals surface area contributed by atoms with Crippen LogP contribution in [0.3, 0.4) is 0 Å². The van der Waals surface area contributed by atoms with Gasteiger partial charge in [0, 0.05) is 17.3 Å². The van der Waals surface area contributed by atoms with Gasteiger partial charge in [0.1, 0.15) is 11.0 Å². The molecule has 0 aliphatic heterocycles. The van der Waals surface area contributed by atoms with Gasteiger partial charge in [-0.2, -0.15) is 5.10 Å². The molecule has 0 aliphatic carbocycles. The van der Waals surface area contributed by atoms with Crippen molar-refractivity contribution >= 4 is 29.3 Å². The number of carbonyl (C=O) groups is 1. The number of aromatic nitrogens is 2. The van der Waals surface area contributed by atoms with E-state index in [0.29, 0.717) is 22.1 Å². The smallest absolute Gasteiger partial charge is 0.248 e. The zero-order valence-corrected chi connectivity index (χ0v) is 15.1. The van der Waals surface area contributed by atoms with Gasteiger partial charge in [0.15, 0.2) is 0 Å². The third-order valence-electron chi connectivity index (χ3n) is 3.92. The number of nitrogens with one attached hydrogen (secondary N) is 1. The molecule has 0 fully saturated rings. The minimum Gasteiger partial charge on any atom is -0.322 e. The average molecular weight is 370 g/mol. The number of nitrogens with zero attached hydrogens (tertiary/aromatic N) is 2. The first kappa shape index (κ1) is 17.9. The van der Waals surface area contributed by atoms with E-state index in [2.05, 4.69) is 10.4 Å². The van der Waals surface area contributed by atoms with Gasteiger partial charge in [-0.25, -0.2) is 9.07 Å². The van der Waals surface area contributed by atoms with Crippen molar-refractivity contribution in [1.29, 1.82) is 0 Å². The van der Waals surface area contributed by atoms with Gasteiger partial charge in [0.25, 0.3) is 0 Å². The number of aryl methyl sites for hydroxylation is 2. The largest absolute Gasteiger partial charge is 0.322 e. The molecule has 0 saturated carbocycles. The van der Waals surface area contributed by atoms with Crippen LogP contribution in [-0.2, 0) is 4.79 Å². The first-order chi connectivity index (χ1) is 12.5. The summed E-state index contributed by atoms with van der Waals surface area (Å²) < 4.78 is 14.6. The fourth-order valence-corrected chi connectivity index (χ4v) is 2.84. The molecule has 0 aliphatic rings. The molecule has 132 valence electrons. The third-order valence-corrected chi connectivity index (χ3v) is 4.29. The van der Waals surface area contributed by atoms with E-state index in [4.69, 9.17) is 11.6 Å². The highest BCUT2D eigenvalue weighted by Gasteiger charge is 2.13. The highest BCUT2D eigenvalue weighted by molar-refractivity contribution is 6.31. The van der Waals surface area contributed by atoms with Crippen molar-refractivity contribution < 1.29 is 9.18 Å². The lowest BCUT2D eigenvalue weighted by Gasteiger charge is -2.05. The number of hydrogen-bond donors (Lipinski definition) is 1. The predicted molar refractivity (Wildman–Crippen MR) is 102 cm³/mol. The molecule has 0 saturated heterocycles. The minimum absolute atomic E-state index is 0.260. The molecule has 1 heterocycles. The molecule has 1 aromatic heterocycles. The van der Waals surface area contributed by atoms with E-state index in [1.54, 1.807) is 25.1 Å². The topological polar surface area (TPSA) is 46.9 Å². The standard InChI is InChI=1S/C20H17ClFN3O/c1-13-5-3-4-6-18(13)23-19(26)12-11-17-14(2)24-25(20(17)21)16-9-7-15(22)8-10-16/h3-12H,1-2H3,(H,23,26)/b12-11+. The summed E-state index contributed by atoms with van der Waals surface area (Å²) in [6.07, 6.45) is 3.04. The normalized spacial score (nSPS) is 11.1. The molecule has 2 aromatic carbocycles. The summed E-state index contributed by atoms with van der Waals surface area (Å²) in [6.45, 7) is 3.72. The van der Waals surface area contributed by atoms with Gasteiger partial charge >= 0.3 is 0 Å². The van der Waals surface area contributed by atoms with E-state index >= 15 is 0 Å². The van der Waals surface area contributed by atoms with Crippen LogP contribution < -0.4 is 5.32 Å². The summed E-state index contributed by atoms with van der Waals surface area (Å²) in [4.78, 5) is 12.2. The van der Waals surface area contributed by atoms with Gasteiger partial charge in [0.2, 0.25) is 5.91 Å². The Bertz CT molecular complexity index is 977. The van der Waals surface area contributed by atoms with Gasteiger partial charge in [-0.3, -0.25) is 4.79 Å². The van der Waals surface area contributed by atoms with Crippen LogP contribution in [0.5, 0.6) is 0 Å². The molecular formula is C20H17ClFN3O. The SMILES string of the molecule is Cc1ccccc1NC(=O)/C=C/c1c(C)nn(-c2ccc(F)cc2)c1Cl. The number of benzene rings is 2. The van der Waals surface area contributed by atoms with E-state index in [1.165, 1.54) is 22.9 Å². The molecule has 3 rings (SSSR count). The first-order valence-electron chi connectivity index (χ1n) is 8.01. The molecule has 26 heavy (non-hydrogen) atoms. The third kappa shape index (κ3) is 3.83. The van der Waals surface area contributed by atoms with E-state index in [9.17, 15) is 9.18 Å². The molecule has 6 heteroatoms. The molecule has 3 aromatic rings. The molecule has 0 radical (unpaired) electrons. The number of rotatable bonds is 4. The molecule has 0 spiro atoms. The van der Waals surface area contributed by atoms with Gasteiger partial charge in [-0.05, 0) is 55.8 Å². The van der Waals surface area contributed by atoms with E-state index in [-0.39, 0.29) is 11.7 Å². The highest BCUT2D eigenvalue weighted by atomic mass is 35.5.